The maximum atomic E-state index is 6.43. The zero-order chi connectivity index (χ0) is 11.9. The standard InChI is InChI=1S/C14H22N2/c1-9(2)14(10(3)4)11-6-5-7-16-12(11)8-13(14)15/h5-7,9-10,13H,8,15H2,1-4H3/t13-/m1/s1. The smallest absolute Gasteiger partial charge is 0.0457 e. The highest BCUT2D eigenvalue weighted by Gasteiger charge is 2.49. The maximum absolute atomic E-state index is 6.43. The van der Waals surface area contributed by atoms with Crippen molar-refractivity contribution in [2.24, 2.45) is 17.6 Å². The van der Waals surface area contributed by atoms with Gasteiger partial charge in [-0.3, -0.25) is 4.98 Å². The third kappa shape index (κ3) is 1.32. The molecule has 88 valence electrons. The summed E-state index contributed by atoms with van der Waals surface area (Å²) in [7, 11) is 0. The summed E-state index contributed by atoms with van der Waals surface area (Å²) in [5.41, 5.74) is 9.11. The number of rotatable bonds is 2. The molecule has 0 spiro atoms. The van der Waals surface area contributed by atoms with Gasteiger partial charge in [-0.05, 0) is 23.5 Å². The Labute approximate surface area is 98.3 Å². The minimum Gasteiger partial charge on any atom is -0.327 e. The zero-order valence-corrected chi connectivity index (χ0v) is 10.7. The average Bonchev–Trinajstić information content (AvgIpc) is 2.50. The first kappa shape index (κ1) is 11.6. The van der Waals surface area contributed by atoms with Gasteiger partial charge < -0.3 is 5.73 Å². The molecule has 1 aromatic heterocycles. The lowest BCUT2D eigenvalue weighted by Gasteiger charge is -2.42. The van der Waals surface area contributed by atoms with Gasteiger partial charge in [-0.15, -0.1) is 0 Å². The minimum absolute atomic E-state index is 0.101. The van der Waals surface area contributed by atoms with Crippen molar-refractivity contribution in [2.75, 3.05) is 0 Å². The maximum Gasteiger partial charge on any atom is 0.0457 e. The second-order valence-electron chi connectivity index (χ2n) is 5.55. The minimum atomic E-state index is 0.101. The van der Waals surface area contributed by atoms with Crippen molar-refractivity contribution in [1.82, 2.24) is 4.98 Å². The summed E-state index contributed by atoms with van der Waals surface area (Å²) >= 11 is 0. The van der Waals surface area contributed by atoms with Crippen molar-refractivity contribution < 1.29 is 0 Å². The van der Waals surface area contributed by atoms with E-state index in [1.807, 2.05) is 12.3 Å². The molecule has 1 aliphatic rings. The zero-order valence-electron chi connectivity index (χ0n) is 10.7. The van der Waals surface area contributed by atoms with E-state index < -0.39 is 0 Å². The third-order valence-electron chi connectivity index (χ3n) is 4.29. The molecule has 1 aromatic rings. The van der Waals surface area contributed by atoms with Crippen LogP contribution in [-0.2, 0) is 11.8 Å². The average molecular weight is 218 g/mol. The molecule has 0 fully saturated rings. The molecule has 0 bridgehead atoms. The van der Waals surface area contributed by atoms with Crippen LogP contribution in [0.4, 0.5) is 0 Å². The largest absolute Gasteiger partial charge is 0.327 e. The molecule has 0 unspecified atom stereocenters. The van der Waals surface area contributed by atoms with Gasteiger partial charge in [0.1, 0.15) is 0 Å². The van der Waals surface area contributed by atoms with Crippen molar-refractivity contribution in [3.05, 3.63) is 29.6 Å². The summed E-state index contributed by atoms with van der Waals surface area (Å²) in [5, 5.41) is 0. The van der Waals surface area contributed by atoms with Crippen molar-refractivity contribution in [3.63, 3.8) is 0 Å². The molecule has 0 radical (unpaired) electrons. The molecular weight excluding hydrogens is 196 g/mol. The first-order chi connectivity index (χ1) is 7.51. The Morgan fingerprint density at radius 3 is 2.50 bits per heavy atom. The molecule has 1 aliphatic carbocycles. The van der Waals surface area contributed by atoms with Crippen LogP contribution in [0, 0.1) is 11.8 Å². The van der Waals surface area contributed by atoms with Gasteiger partial charge in [-0.25, -0.2) is 0 Å². The van der Waals surface area contributed by atoms with Crippen molar-refractivity contribution >= 4 is 0 Å². The van der Waals surface area contributed by atoms with Gasteiger partial charge in [-0.1, -0.05) is 33.8 Å². The van der Waals surface area contributed by atoms with Gasteiger partial charge in [0.05, 0.1) is 0 Å². The topological polar surface area (TPSA) is 38.9 Å². The second-order valence-corrected chi connectivity index (χ2v) is 5.55. The number of aromatic nitrogens is 1. The molecule has 1 atom stereocenters. The van der Waals surface area contributed by atoms with E-state index in [1.165, 1.54) is 11.3 Å². The molecule has 0 saturated carbocycles. The van der Waals surface area contributed by atoms with Crippen LogP contribution in [0.2, 0.25) is 0 Å². The van der Waals surface area contributed by atoms with Crippen LogP contribution >= 0.6 is 0 Å². The highest BCUT2D eigenvalue weighted by Crippen LogP contribution is 2.47. The summed E-state index contributed by atoms with van der Waals surface area (Å²) in [4.78, 5) is 4.49. The molecule has 0 saturated heterocycles. The van der Waals surface area contributed by atoms with Crippen LogP contribution in [-0.4, -0.2) is 11.0 Å². The molecule has 1 heterocycles. The fourth-order valence-corrected chi connectivity index (χ4v) is 3.72. The molecule has 0 amide bonds. The van der Waals surface area contributed by atoms with Crippen LogP contribution in [0.5, 0.6) is 0 Å². The van der Waals surface area contributed by atoms with E-state index in [9.17, 15) is 0 Å². The number of pyridine rings is 1. The lowest BCUT2D eigenvalue weighted by atomic mass is 9.63. The molecule has 2 rings (SSSR count). The summed E-state index contributed by atoms with van der Waals surface area (Å²) in [6.07, 6.45) is 2.80. The third-order valence-corrected chi connectivity index (χ3v) is 4.29. The van der Waals surface area contributed by atoms with Crippen LogP contribution in [0.15, 0.2) is 18.3 Å². The van der Waals surface area contributed by atoms with Gasteiger partial charge >= 0.3 is 0 Å². The van der Waals surface area contributed by atoms with E-state index >= 15 is 0 Å². The lowest BCUT2D eigenvalue weighted by molar-refractivity contribution is 0.190. The highest BCUT2D eigenvalue weighted by atomic mass is 14.8. The SMILES string of the molecule is CC(C)C1(C(C)C)c2cccnc2C[C@H]1N. The Balaban J connectivity index is 2.62. The van der Waals surface area contributed by atoms with Crippen LogP contribution < -0.4 is 5.73 Å². The Morgan fingerprint density at radius 2 is 1.94 bits per heavy atom. The van der Waals surface area contributed by atoms with Crippen LogP contribution in [0.25, 0.3) is 0 Å². The predicted molar refractivity (Wildman–Crippen MR) is 67.3 cm³/mol. The first-order valence-corrected chi connectivity index (χ1v) is 6.21. The van der Waals surface area contributed by atoms with Crippen molar-refractivity contribution in [2.45, 2.75) is 45.6 Å². The van der Waals surface area contributed by atoms with E-state index in [-0.39, 0.29) is 11.5 Å². The number of nitrogens with two attached hydrogens (primary N) is 1. The summed E-state index contributed by atoms with van der Waals surface area (Å²) in [6.45, 7) is 9.12. The number of nitrogens with zero attached hydrogens (tertiary/aromatic N) is 1. The Morgan fingerprint density at radius 1 is 1.31 bits per heavy atom. The predicted octanol–water partition coefficient (Wildman–Crippen LogP) is 2.51. The number of hydrogen-bond acceptors (Lipinski definition) is 2. The van der Waals surface area contributed by atoms with E-state index in [2.05, 4.69) is 38.7 Å². The van der Waals surface area contributed by atoms with E-state index in [0.29, 0.717) is 11.8 Å². The van der Waals surface area contributed by atoms with Crippen LogP contribution in [0.3, 0.4) is 0 Å². The number of hydrogen-bond donors (Lipinski definition) is 1. The normalized spacial score (nSPS) is 22.8. The van der Waals surface area contributed by atoms with Gasteiger partial charge in [0.2, 0.25) is 0 Å². The van der Waals surface area contributed by atoms with E-state index in [4.69, 9.17) is 5.73 Å². The molecule has 16 heavy (non-hydrogen) atoms. The summed E-state index contributed by atoms with van der Waals surface area (Å²) in [5.74, 6) is 1.10. The lowest BCUT2D eigenvalue weighted by Crippen LogP contribution is -2.50. The van der Waals surface area contributed by atoms with Crippen molar-refractivity contribution in [3.8, 4) is 0 Å². The summed E-state index contributed by atoms with van der Waals surface area (Å²) < 4.78 is 0. The van der Waals surface area contributed by atoms with E-state index in [0.717, 1.165) is 6.42 Å². The quantitative estimate of drug-likeness (QED) is 0.828. The van der Waals surface area contributed by atoms with E-state index in [1.54, 1.807) is 0 Å². The fourth-order valence-electron chi connectivity index (χ4n) is 3.72. The van der Waals surface area contributed by atoms with Gasteiger partial charge in [0.25, 0.3) is 0 Å². The molecule has 0 aliphatic heterocycles. The molecule has 2 N–H and O–H groups in total. The number of fused-ring (bicyclic) bond motifs is 1. The Hall–Kier alpha value is -0.890. The van der Waals surface area contributed by atoms with Gasteiger partial charge in [-0.2, -0.15) is 0 Å². The Bertz CT molecular complexity index is 374. The van der Waals surface area contributed by atoms with Gasteiger partial charge in [0.15, 0.2) is 0 Å². The first-order valence-electron chi connectivity index (χ1n) is 6.21. The van der Waals surface area contributed by atoms with Crippen LogP contribution in [0.1, 0.15) is 39.0 Å². The molecule has 2 nitrogen and oxygen atoms in total. The Kier molecular flexibility index (Phi) is 2.79. The second kappa shape index (κ2) is 3.85. The monoisotopic (exact) mass is 218 g/mol. The highest BCUT2D eigenvalue weighted by molar-refractivity contribution is 5.39. The molecular formula is C14H22N2. The molecule has 0 aromatic carbocycles. The summed E-state index contributed by atoms with van der Waals surface area (Å²) in [6, 6.07) is 4.46. The van der Waals surface area contributed by atoms with Crippen molar-refractivity contribution in [1.29, 1.82) is 0 Å². The van der Waals surface area contributed by atoms with Gasteiger partial charge in [0, 0.05) is 29.8 Å². The molecule has 2 heteroatoms. The fraction of sp³-hybridized carbons (Fsp3) is 0.643.